The average molecular weight is 313 g/mol. The maximum Gasteiger partial charge on any atom is 0.0931 e. The molecule has 3 rings (SSSR count). The van der Waals surface area contributed by atoms with E-state index in [1.807, 2.05) is 6.07 Å². The Morgan fingerprint density at radius 3 is 2.70 bits per heavy atom. The van der Waals surface area contributed by atoms with Crippen molar-refractivity contribution >= 4 is 22.9 Å². The Hall–Kier alpha value is -0.0900. The van der Waals surface area contributed by atoms with Crippen molar-refractivity contribution < 1.29 is 0 Å². The van der Waals surface area contributed by atoms with E-state index in [0.29, 0.717) is 5.54 Å². The van der Waals surface area contributed by atoms with Crippen LogP contribution in [0.3, 0.4) is 0 Å². The molecule has 0 radical (unpaired) electrons. The smallest absolute Gasteiger partial charge is 0.0931 e. The number of hydrogen-bond donors (Lipinski definition) is 1. The fourth-order valence-corrected chi connectivity index (χ4v) is 4.46. The van der Waals surface area contributed by atoms with Crippen molar-refractivity contribution in [2.45, 2.75) is 57.7 Å². The molecule has 1 aliphatic heterocycles. The van der Waals surface area contributed by atoms with Crippen molar-refractivity contribution in [2.24, 2.45) is 5.92 Å². The van der Waals surface area contributed by atoms with Crippen LogP contribution in [0.4, 0.5) is 0 Å². The fraction of sp³-hybridized carbons (Fsp3) is 0.750. The third-order valence-corrected chi connectivity index (χ3v) is 6.59. The van der Waals surface area contributed by atoms with Crippen molar-refractivity contribution in [3.8, 4) is 0 Å². The van der Waals surface area contributed by atoms with Crippen LogP contribution in [0.1, 0.15) is 44.9 Å². The van der Waals surface area contributed by atoms with Crippen LogP contribution in [0.2, 0.25) is 4.34 Å². The zero-order valence-electron chi connectivity index (χ0n) is 12.7. The highest BCUT2D eigenvalue weighted by Crippen LogP contribution is 2.43. The second kappa shape index (κ2) is 5.28. The van der Waals surface area contributed by atoms with E-state index in [1.165, 1.54) is 24.1 Å². The van der Waals surface area contributed by atoms with Gasteiger partial charge in [-0.05, 0) is 51.2 Å². The molecule has 2 aliphatic rings. The summed E-state index contributed by atoms with van der Waals surface area (Å²) in [4.78, 5) is 4.07. The molecule has 1 aromatic rings. The molecule has 0 spiro atoms. The first-order valence-electron chi connectivity index (χ1n) is 7.69. The van der Waals surface area contributed by atoms with Gasteiger partial charge in [-0.1, -0.05) is 18.5 Å². The summed E-state index contributed by atoms with van der Waals surface area (Å²) in [6.45, 7) is 10.4. The summed E-state index contributed by atoms with van der Waals surface area (Å²) in [5.74, 6) is 0.873. The lowest BCUT2D eigenvalue weighted by Crippen LogP contribution is -2.68. The zero-order chi connectivity index (χ0) is 14.4. The number of nitrogens with one attached hydrogen (secondary N) is 1. The highest BCUT2D eigenvalue weighted by Gasteiger charge is 2.48. The predicted molar refractivity (Wildman–Crippen MR) is 87.6 cm³/mol. The molecule has 0 bridgehead atoms. The van der Waals surface area contributed by atoms with Crippen molar-refractivity contribution in [1.82, 2.24) is 10.2 Å². The van der Waals surface area contributed by atoms with Gasteiger partial charge in [0, 0.05) is 35.6 Å². The fourth-order valence-electron chi connectivity index (χ4n) is 3.36. The molecule has 2 nitrogen and oxygen atoms in total. The van der Waals surface area contributed by atoms with Gasteiger partial charge in [0.25, 0.3) is 0 Å². The molecular formula is C16H25ClN2S. The minimum atomic E-state index is 0.255. The lowest BCUT2D eigenvalue weighted by Gasteiger charge is -2.52. The van der Waals surface area contributed by atoms with Crippen molar-refractivity contribution in [3.05, 3.63) is 21.3 Å². The van der Waals surface area contributed by atoms with E-state index < -0.39 is 0 Å². The summed E-state index contributed by atoms with van der Waals surface area (Å²) in [6, 6.07) is 4.20. The Kier molecular flexibility index (Phi) is 3.91. The molecule has 1 saturated heterocycles. The lowest BCUT2D eigenvalue weighted by atomic mass is 9.84. The first-order valence-corrected chi connectivity index (χ1v) is 8.89. The van der Waals surface area contributed by atoms with Gasteiger partial charge in [-0.3, -0.25) is 4.90 Å². The van der Waals surface area contributed by atoms with Gasteiger partial charge < -0.3 is 5.32 Å². The van der Waals surface area contributed by atoms with Crippen LogP contribution in [0, 0.1) is 5.92 Å². The normalized spacial score (nSPS) is 35.4. The molecule has 4 heteroatoms. The van der Waals surface area contributed by atoms with Crippen LogP contribution < -0.4 is 5.32 Å². The van der Waals surface area contributed by atoms with E-state index in [-0.39, 0.29) is 5.54 Å². The number of piperazine rings is 1. The minimum absolute atomic E-state index is 0.255. The Morgan fingerprint density at radius 1 is 1.40 bits per heavy atom. The molecule has 2 fully saturated rings. The molecule has 2 heterocycles. The lowest BCUT2D eigenvalue weighted by molar-refractivity contribution is 0.00497. The molecule has 1 aromatic heterocycles. The van der Waals surface area contributed by atoms with E-state index in [2.05, 4.69) is 37.1 Å². The van der Waals surface area contributed by atoms with Gasteiger partial charge in [-0.15, -0.1) is 11.3 Å². The second-order valence-corrected chi connectivity index (χ2v) is 8.76. The summed E-state index contributed by atoms with van der Waals surface area (Å²) in [7, 11) is 0. The summed E-state index contributed by atoms with van der Waals surface area (Å²) in [6.07, 6.45) is 3.97. The number of thiophene rings is 1. The highest BCUT2D eigenvalue weighted by atomic mass is 35.5. The van der Waals surface area contributed by atoms with Crippen LogP contribution in [0.15, 0.2) is 12.1 Å². The Balaban J connectivity index is 1.78. The van der Waals surface area contributed by atoms with Crippen LogP contribution >= 0.6 is 22.9 Å². The van der Waals surface area contributed by atoms with Gasteiger partial charge >= 0.3 is 0 Å². The maximum atomic E-state index is 6.09. The van der Waals surface area contributed by atoms with E-state index in [9.17, 15) is 0 Å². The second-order valence-electron chi connectivity index (χ2n) is 6.96. The average Bonchev–Trinajstić information content (AvgIpc) is 3.20. The summed E-state index contributed by atoms with van der Waals surface area (Å²) >= 11 is 7.81. The van der Waals surface area contributed by atoms with Gasteiger partial charge in [-0.25, -0.2) is 0 Å². The topological polar surface area (TPSA) is 15.3 Å². The molecule has 1 aliphatic carbocycles. The molecular weight excluding hydrogens is 288 g/mol. The molecule has 2 unspecified atom stereocenters. The monoisotopic (exact) mass is 312 g/mol. The highest BCUT2D eigenvalue weighted by molar-refractivity contribution is 7.16. The van der Waals surface area contributed by atoms with Crippen LogP contribution in [-0.2, 0) is 6.54 Å². The van der Waals surface area contributed by atoms with Crippen LogP contribution in [0.25, 0.3) is 0 Å². The Morgan fingerprint density at radius 2 is 2.15 bits per heavy atom. The molecule has 2 atom stereocenters. The van der Waals surface area contributed by atoms with E-state index in [1.54, 1.807) is 11.3 Å². The SMILES string of the molecule is CCC1(C)CNC(C)(C2CC2)CN1Cc1ccc(Cl)s1. The number of nitrogens with zero attached hydrogens (tertiary/aromatic N) is 1. The van der Waals surface area contributed by atoms with Gasteiger partial charge in [0.15, 0.2) is 0 Å². The summed E-state index contributed by atoms with van der Waals surface area (Å²) in [5, 5.41) is 3.86. The van der Waals surface area contributed by atoms with Gasteiger partial charge in [0.1, 0.15) is 0 Å². The standard InChI is InChI=1S/C16H25ClN2S/c1-4-15(2)10-18-16(3,12-5-6-12)11-19(15)9-13-7-8-14(17)20-13/h7-8,12,18H,4-6,9-11H2,1-3H3. The Bertz CT molecular complexity index is 485. The van der Waals surface area contributed by atoms with Crippen LogP contribution in [-0.4, -0.2) is 29.1 Å². The quantitative estimate of drug-likeness (QED) is 0.898. The maximum absolute atomic E-state index is 6.09. The molecule has 0 amide bonds. The first-order chi connectivity index (χ1) is 9.45. The summed E-state index contributed by atoms with van der Waals surface area (Å²) < 4.78 is 0.901. The molecule has 1 N–H and O–H groups in total. The molecule has 1 saturated carbocycles. The predicted octanol–water partition coefficient (Wildman–Crippen LogP) is 4.14. The third-order valence-electron chi connectivity index (χ3n) is 5.37. The summed E-state index contributed by atoms with van der Waals surface area (Å²) in [5.41, 5.74) is 0.556. The van der Waals surface area contributed by atoms with E-state index >= 15 is 0 Å². The van der Waals surface area contributed by atoms with Crippen molar-refractivity contribution in [3.63, 3.8) is 0 Å². The number of rotatable bonds is 4. The van der Waals surface area contributed by atoms with Gasteiger partial charge in [0.05, 0.1) is 4.34 Å². The van der Waals surface area contributed by atoms with Crippen molar-refractivity contribution in [1.29, 1.82) is 0 Å². The minimum Gasteiger partial charge on any atom is -0.308 e. The van der Waals surface area contributed by atoms with E-state index in [0.717, 1.165) is 29.9 Å². The Labute approximate surface area is 131 Å². The van der Waals surface area contributed by atoms with Gasteiger partial charge in [-0.2, -0.15) is 0 Å². The van der Waals surface area contributed by atoms with Gasteiger partial charge in [0.2, 0.25) is 0 Å². The zero-order valence-corrected chi connectivity index (χ0v) is 14.3. The molecule has 20 heavy (non-hydrogen) atoms. The molecule has 112 valence electrons. The molecule has 0 aromatic carbocycles. The first kappa shape index (κ1) is 14.8. The van der Waals surface area contributed by atoms with Crippen LogP contribution in [0.5, 0.6) is 0 Å². The van der Waals surface area contributed by atoms with Crippen molar-refractivity contribution in [2.75, 3.05) is 13.1 Å². The number of halogens is 1. The largest absolute Gasteiger partial charge is 0.308 e. The van der Waals surface area contributed by atoms with E-state index in [4.69, 9.17) is 11.6 Å². The number of hydrogen-bond acceptors (Lipinski definition) is 3. The third kappa shape index (κ3) is 2.78.